The molecule has 0 aromatic heterocycles. The van der Waals surface area contributed by atoms with Crippen LogP contribution in [0.2, 0.25) is 5.02 Å². The molecule has 0 saturated heterocycles. The van der Waals surface area contributed by atoms with Gasteiger partial charge in [-0.15, -0.1) is 6.58 Å². The molecule has 0 aliphatic rings. The number of hydrogen-bond acceptors (Lipinski definition) is 1. The van der Waals surface area contributed by atoms with Gasteiger partial charge in [0.25, 0.3) is 0 Å². The highest BCUT2D eigenvalue weighted by atomic mass is 79.9. The van der Waals surface area contributed by atoms with Gasteiger partial charge in [-0.1, -0.05) is 39.7 Å². The van der Waals surface area contributed by atoms with E-state index < -0.39 is 0 Å². The molecule has 1 unspecified atom stereocenters. The van der Waals surface area contributed by atoms with Crippen molar-refractivity contribution in [3.63, 3.8) is 0 Å². The average molecular weight is 275 g/mol. The first-order valence-electron chi connectivity index (χ1n) is 4.42. The third-order valence-corrected chi connectivity index (χ3v) is 2.91. The predicted molar refractivity (Wildman–Crippen MR) is 65.8 cm³/mol. The van der Waals surface area contributed by atoms with Crippen molar-refractivity contribution < 1.29 is 0 Å². The standard InChI is InChI=1S/C11H13BrClN/c1-3-4-11(14-2)9-6-5-8(12)7-10(9)13/h3,5-7,11,14H,1,4H2,2H3. The second-order valence-electron chi connectivity index (χ2n) is 3.03. The molecule has 0 radical (unpaired) electrons. The van der Waals surface area contributed by atoms with Crippen molar-refractivity contribution in [2.45, 2.75) is 12.5 Å². The Morgan fingerprint density at radius 1 is 1.64 bits per heavy atom. The zero-order valence-electron chi connectivity index (χ0n) is 8.06. The maximum absolute atomic E-state index is 6.13. The molecule has 1 nitrogen and oxygen atoms in total. The Morgan fingerprint density at radius 3 is 2.86 bits per heavy atom. The molecule has 0 aliphatic heterocycles. The molecular weight excluding hydrogens is 261 g/mol. The van der Waals surface area contributed by atoms with Crippen LogP contribution in [-0.4, -0.2) is 7.05 Å². The third kappa shape index (κ3) is 2.84. The molecular formula is C11H13BrClN. The van der Waals surface area contributed by atoms with E-state index in [4.69, 9.17) is 11.6 Å². The topological polar surface area (TPSA) is 12.0 Å². The minimum Gasteiger partial charge on any atom is -0.313 e. The molecule has 1 N–H and O–H groups in total. The van der Waals surface area contributed by atoms with Crippen molar-refractivity contribution in [3.05, 3.63) is 45.9 Å². The Bertz CT molecular complexity index is 325. The van der Waals surface area contributed by atoms with Crippen molar-refractivity contribution in [2.75, 3.05) is 7.05 Å². The van der Waals surface area contributed by atoms with Gasteiger partial charge < -0.3 is 5.32 Å². The quantitative estimate of drug-likeness (QED) is 0.820. The van der Waals surface area contributed by atoms with E-state index >= 15 is 0 Å². The normalized spacial score (nSPS) is 12.5. The Labute approximate surface area is 98.3 Å². The summed E-state index contributed by atoms with van der Waals surface area (Å²) in [5, 5.41) is 3.99. The molecule has 0 saturated carbocycles. The van der Waals surface area contributed by atoms with Crippen molar-refractivity contribution in [2.24, 2.45) is 0 Å². The van der Waals surface area contributed by atoms with Gasteiger partial charge >= 0.3 is 0 Å². The van der Waals surface area contributed by atoms with Crippen molar-refractivity contribution >= 4 is 27.5 Å². The fraction of sp³-hybridized carbons (Fsp3) is 0.273. The molecule has 14 heavy (non-hydrogen) atoms. The number of benzene rings is 1. The first-order chi connectivity index (χ1) is 6.69. The van der Waals surface area contributed by atoms with Crippen molar-refractivity contribution in [1.82, 2.24) is 5.32 Å². The van der Waals surface area contributed by atoms with Gasteiger partial charge in [-0.2, -0.15) is 0 Å². The van der Waals surface area contributed by atoms with Crippen molar-refractivity contribution in [3.8, 4) is 0 Å². The average Bonchev–Trinajstić information content (AvgIpc) is 2.15. The summed E-state index contributed by atoms with van der Waals surface area (Å²) < 4.78 is 1.000. The zero-order valence-corrected chi connectivity index (χ0v) is 10.4. The summed E-state index contributed by atoms with van der Waals surface area (Å²) in [6.45, 7) is 3.73. The van der Waals surface area contributed by atoms with Crippen LogP contribution in [0.5, 0.6) is 0 Å². The highest BCUT2D eigenvalue weighted by Gasteiger charge is 2.10. The summed E-state index contributed by atoms with van der Waals surface area (Å²) in [5.74, 6) is 0. The fourth-order valence-corrected chi connectivity index (χ4v) is 2.16. The SMILES string of the molecule is C=CCC(NC)c1ccc(Br)cc1Cl. The van der Waals surface area contributed by atoms with E-state index in [0.717, 1.165) is 21.5 Å². The van der Waals surface area contributed by atoms with Gasteiger partial charge in [0.2, 0.25) is 0 Å². The molecule has 0 bridgehead atoms. The number of halogens is 2. The van der Waals surface area contributed by atoms with Crippen LogP contribution in [0.4, 0.5) is 0 Å². The minimum atomic E-state index is 0.244. The van der Waals surface area contributed by atoms with E-state index in [1.165, 1.54) is 0 Å². The molecule has 76 valence electrons. The number of hydrogen-bond donors (Lipinski definition) is 1. The Kier molecular flexibility index (Phi) is 4.66. The fourth-order valence-electron chi connectivity index (χ4n) is 1.35. The second kappa shape index (κ2) is 5.54. The van der Waals surface area contributed by atoms with Gasteiger partial charge in [-0.05, 0) is 31.2 Å². The Morgan fingerprint density at radius 2 is 2.36 bits per heavy atom. The van der Waals surface area contributed by atoms with Gasteiger partial charge in [-0.25, -0.2) is 0 Å². The van der Waals surface area contributed by atoms with E-state index in [1.807, 2.05) is 31.3 Å². The first kappa shape index (κ1) is 11.8. The lowest BCUT2D eigenvalue weighted by Gasteiger charge is -2.16. The molecule has 3 heteroatoms. The summed E-state index contributed by atoms with van der Waals surface area (Å²) in [7, 11) is 1.92. The Hall–Kier alpha value is -0.310. The lowest BCUT2D eigenvalue weighted by molar-refractivity contribution is 0.604. The maximum Gasteiger partial charge on any atom is 0.0465 e. The minimum absolute atomic E-state index is 0.244. The summed E-state index contributed by atoms with van der Waals surface area (Å²) >= 11 is 9.52. The van der Waals surface area contributed by atoms with E-state index in [0.29, 0.717) is 0 Å². The molecule has 1 atom stereocenters. The molecule has 0 heterocycles. The van der Waals surface area contributed by atoms with E-state index in [-0.39, 0.29) is 6.04 Å². The summed E-state index contributed by atoms with van der Waals surface area (Å²) in [5.41, 5.74) is 1.11. The highest BCUT2D eigenvalue weighted by molar-refractivity contribution is 9.10. The van der Waals surface area contributed by atoms with Crippen molar-refractivity contribution in [1.29, 1.82) is 0 Å². The maximum atomic E-state index is 6.13. The smallest absolute Gasteiger partial charge is 0.0465 e. The number of nitrogens with one attached hydrogen (secondary N) is 1. The highest BCUT2D eigenvalue weighted by Crippen LogP contribution is 2.28. The van der Waals surface area contributed by atoms with Crippen LogP contribution in [0.1, 0.15) is 18.0 Å². The first-order valence-corrected chi connectivity index (χ1v) is 5.59. The lowest BCUT2D eigenvalue weighted by Crippen LogP contribution is -2.15. The molecule has 0 aliphatic carbocycles. The molecule has 0 amide bonds. The van der Waals surface area contributed by atoms with Crippen LogP contribution >= 0.6 is 27.5 Å². The van der Waals surface area contributed by atoms with Crippen LogP contribution in [0.25, 0.3) is 0 Å². The summed E-state index contributed by atoms with van der Waals surface area (Å²) in [6, 6.07) is 6.17. The third-order valence-electron chi connectivity index (χ3n) is 2.09. The van der Waals surface area contributed by atoms with E-state index in [1.54, 1.807) is 0 Å². The van der Waals surface area contributed by atoms with Gasteiger partial charge in [0.1, 0.15) is 0 Å². The molecule has 1 aromatic carbocycles. The zero-order chi connectivity index (χ0) is 10.6. The molecule has 1 aromatic rings. The van der Waals surface area contributed by atoms with Crippen LogP contribution in [-0.2, 0) is 0 Å². The van der Waals surface area contributed by atoms with Gasteiger partial charge in [0, 0.05) is 15.5 Å². The van der Waals surface area contributed by atoms with Gasteiger partial charge in [0.05, 0.1) is 0 Å². The van der Waals surface area contributed by atoms with Gasteiger partial charge in [-0.3, -0.25) is 0 Å². The summed E-state index contributed by atoms with van der Waals surface area (Å²) in [6.07, 6.45) is 2.76. The van der Waals surface area contributed by atoms with E-state index in [2.05, 4.69) is 27.8 Å². The molecule has 0 fully saturated rings. The largest absolute Gasteiger partial charge is 0.313 e. The van der Waals surface area contributed by atoms with Crippen LogP contribution in [0.15, 0.2) is 35.3 Å². The molecule has 1 rings (SSSR count). The monoisotopic (exact) mass is 273 g/mol. The van der Waals surface area contributed by atoms with Crippen LogP contribution in [0.3, 0.4) is 0 Å². The van der Waals surface area contributed by atoms with Crippen LogP contribution in [0, 0.1) is 0 Å². The van der Waals surface area contributed by atoms with Gasteiger partial charge in [0.15, 0.2) is 0 Å². The van der Waals surface area contributed by atoms with Crippen LogP contribution < -0.4 is 5.32 Å². The second-order valence-corrected chi connectivity index (χ2v) is 4.35. The lowest BCUT2D eigenvalue weighted by atomic mass is 10.0. The summed E-state index contributed by atoms with van der Waals surface area (Å²) in [4.78, 5) is 0. The van der Waals surface area contributed by atoms with E-state index in [9.17, 15) is 0 Å². The molecule has 0 spiro atoms. The predicted octanol–water partition coefficient (Wildman–Crippen LogP) is 3.94. The Balaban J connectivity index is 2.97. The number of rotatable bonds is 4.